The average molecular weight is 381 g/mol. The zero-order chi connectivity index (χ0) is 20.1. The topological polar surface area (TPSA) is 101 Å². The molecule has 0 spiro atoms. The van der Waals surface area contributed by atoms with Crippen molar-refractivity contribution in [3.05, 3.63) is 71.4 Å². The van der Waals surface area contributed by atoms with Gasteiger partial charge < -0.3 is 15.2 Å². The quantitative estimate of drug-likeness (QED) is 0.520. The molecule has 2 heterocycles. The molecule has 0 unspecified atom stereocenters. The van der Waals surface area contributed by atoms with E-state index in [1.54, 1.807) is 12.1 Å². The van der Waals surface area contributed by atoms with E-state index in [-0.39, 0.29) is 35.0 Å². The molecule has 28 heavy (non-hydrogen) atoms. The van der Waals surface area contributed by atoms with Crippen molar-refractivity contribution in [2.45, 2.75) is 6.54 Å². The highest BCUT2D eigenvalue weighted by atomic mass is 19.1. The second-order valence-corrected chi connectivity index (χ2v) is 5.76. The number of benzene rings is 1. The van der Waals surface area contributed by atoms with Gasteiger partial charge in [-0.25, -0.2) is 14.2 Å². The number of hydrogen-bond acceptors (Lipinski definition) is 6. The summed E-state index contributed by atoms with van der Waals surface area (Å²) in [5.41, 5.74) is 0.893. The van der Waals surface area contributed by atoms with E-state index in [1.807, 2.05) is 0 Å². The number of nitrogens with zero attached hydrogens (tertiary/aromatic N) is 2. The number of hydrogen-bond donors (Lipinski definition) is 2. The van der Waals surface area contributed by atoms with Crippen molar-refractivity contribution in [1.82, 2.24) is 15.3 Å². The average Bonchev–Trinajstić information content (AvgIpc) is 2.72. The molecule has 7 nitrogen and oxygen atoms in total. The standard InChI is InChI=1S/C20H16FN3O4/c1-28-16(25)9-8-15-14-3-2-10-22-17(14)19(26)18(24-15)20(27)23-11-12-4-6-13(21)7-5-12/h2-10,26H,11H2,1H3,(H,23,27). The van der Waals surface area contributed by atoms with Crippen LogP contribution in [0.5, 0.6) is 5.75 Å². The van der Waals surface area contributed by atoms with Crippen LogP contribution in [0.2, 0.25) is 0 Å². The summed E-state index contributed by atoms with van der Waals surface area (Å²) in [5, 5.41) is 13.5. The molecule has 0 aliphatic carbocycles. The first-order chi connectivity index (χ1) is 13.5. The van der Waals surface area contributed by atoms with Crippen molar-refractivity contribution in [2.24, 2.45) is 0 Å². The van der Waals surface area contributed by atoms with Crippen LogP contribution in [0.25, 0.3) is 17.0 Å². The molecule has 0 fully saturated rings. The van der Waals surface area contributed by atoms with Crippen LogP contribution in [0.15, 0.2) is 48.7 Å². The number of halogens is 1. The van der Waals surface area contributed by atoms with Gasteiger partial charge in [-0.05, 0) is 35.9 Å². The van der Waals surface area contributed by atoms with Crippen molar-refractivity contribution >= 4 is 28.9 Å². The van der Waals surface area contributed by atoms with E-state index in [4.69, 9.17) is 0 Å². The number of amides is 1. The number of fused-ring (bicyclic) bond motifs is 1. The maximum atomic E-state index is 13.0. The van der Waals surface area contributed by atoms with Gasteiger partial charge in [-0.15, -0.1) is 0 Å². The second-order valence-electron chi connectivity index (χ2n) is 5.76. The summed E-state index contributed by atoms with van der Waals surface area (Å²) in [6.07, 6.45) is 4.01. The smallest absolute Gasteiger partial charge is 0.330 e. The SMILES string of the molecule is COC(=O)C=Cc1nc(C(=O)NCc2ccc(F)cc2)c(O)c2ncccc12. The Morgan fingerprint density at radius 3 is 2.71 bits per heavy atom. The number of nitrogens with one attached hydrogen (secondary N) is 1. The minimum absolute atomic E-state index is 0.119. The number of carbonyl (C=O) groups excluding carboxylic acids is 2. The van der Waals surface area contributed by atoms with E-state index in [0.29, 0.717) is 10.9 Å². The zero-order valence-corrected chi connectivity index (χ0v) is 14.8. The molecule has 0 saturated heterocycles. The normalized spacial score (nSPS) is 10.9. The van der Waals surface area contributed by atoms with Crippen molar-refractivity contribution in [3.8, 4) is 5.75 Å². The number of aromatic hydroxyl groups is 1. The maximum absolute atomic E-state index is 13.0. The summed E-state index contributed by atoms with van der Waals surface area (Å²) in [6.45, 7) is 0.119. The van der Waals surface area contributed by atoms with Crippen LogP contribution < -0.4 is 5.32 Å². The lowest BCUT2D eigenvalue weighted by molar-refractivity contribution is -0.134. The van der Waals surface area contributed by atoms with Crippen molar-refractivity contribution < 1.29 is 23.8 Å². The minimum Gasteiger partial charge on any atom is -0.504 e. The predicted molar refractivity (Wildman–Crippen MR) is 99.8 cm³/mol. The number of pyridine rings is 2. The van der Waals surface area contributed by atoms with E-state index < -0.39 is 11.9 Å². The summed E-state index contributed by atoms with van der Waals surface area (Å²) >= 11 is 0. The largest absolute Gasteiger partial charge is 0.504 e. The number of aromatic nitrogens is 2. The molecule has 0 aliphatic rings. The third-order valence-electron chi connectivity index (χ3n) is 3.92. The molecule has 1 aromatic carbocycles. The molecule has 1 amide bonds. The molecule has 3 rings (SSSR count). The summed E-state index contributed by atoms with van der Waals surface area (Å²) < 4.78 is 17.5. The first-order valence-electron chi connectivity index (χ1n) is 8.26. The Labute approximate surface area is 159 Å². The highest BCUT2D eigenvalue weighted by Crippen LogP contribution is 2.28. The highest BCUT2D eigenvalue weighted by Gasteiger charge is 2.19. The van der Waals surface area contributed by atoms with E-state index >= 15 is 0 Å². The van der Waals surface area contributed by atoms with Gasteiger partial charge in [0.2, 0.25) is 0 Å². The highest BCUT2D eigenvalue weighted by molar-refractivity contribution is 6.03. The molecule has 8 heteroatoms. The molecule has 2 N–H and O–H groups in total. The van der Waals surface area contributed by atoms with Gasteiger partial charge in [0.05, 0.1) is 12.8 Å². The molecule has 0 radical (unpaired) electrons. The number of rotatable bonds is 5. The summed E-state index contributed by atoms with van der Waals surface area (Å²) in [5.74, 6) is -1.98. The lowest BCUT2D eigenvalue weighted by Gasteiger charge is -2.10. The Morgan fingerprint density at radius 2 is 2.00 bits per heavy atom. The molecule has 3 aromatic rings. The second kappa shape index (κ2) is 8.26. The van der Waals surface area contributed by atoms with Gasteiger partial charge in [0.1, 0.15) is 11.3 Å². The van der Waals surface area contributed by atoms with Gasteiger partial charge >= 0.3 is 5.97 Å². The third-order valence-corrected chi connectivity index (χ3v) is 3.92. The summed E-state index contributed by atoms with van der Waals surface area (Å²) in [4.78, 5) is 32.2. The van der Waals surface area contributed by atoms with Crippen LogP contribution in [0, 0.1) is 5.82 Å². The monoisotopic (exact) mass is 381 g/mol. The number of ether oxygens (including phenoxy) is 1. The fourth-order valence-electron chi connectivity index (χ4n) is 2.52. The molecule has 142 valence electrons. The Bertz CT molecular complexity index is 1060. The van der Waals surface area contributed by atoms with Gasteiger partial charge in [0.25, 0.3) is 5.91 Å². The molecular weight excluding hydrogens is 365 g/mol. The van der Waals surface area contributed by atoms with Crippen LogP contribution in [-0.4, -0.2) is 34.1 Å². The Morgan fingerprint density at radius 1 is 1.25 bits per heavy atom. The Balaban J connectivity index is 1.94. The van der Waals surface area contributed by atoms with E-state index in [1.165, 1.54) is 43.6 Å². The van der Waals surface area contributed by atoms with Gasteiger partial charge in [-0.2, -0.15) is 0 Å². The Kier molecular flexibility index (Phi) is 5.59. The van der Waals surface area contributed by atoms with Crippen LogP contribution in [0.1, 0.15) is 21.7 Å². The van der Waals surface area contributed by atoms with Crippen LogP contribution in [-0.2, 0) is 16.1 Å². The zero-order valence-electron chi connectivity index (χ0n) is 14.8. The maximum Gasteiger partial charge on any atom is 0.330 e. The lowest BCUT2D eigenvalue weighted by Crippen LogP contribution is -2.24. The van der Waals surface area contributed by atoms with Crippen LogP contribution >= 0.6 is 0 Å². The summed E-state index contributed by atoms with van der Waals surface area (Å²) in [6, 6.07) is 8.95. The van der Waals surface area contributed by atoms with Crippen LogP contribution in [0.4, 0.5) is 4.39 Å². The third kappa shape index (κ3) is 4.12. The van der Waals surface area contributed by atoms with E-state index in [2.05, 4.69) is 20.0 Å². The predicted octanol–water partition coefficient (Wildman–Crippen LogP) is 2.59. The van der Waals surface area contributed by atoms with Crippen molar-refractivity contribution in [3.63, 3.8) is 0 Å². The van der Waals surface area contributed by atoms with Gasteiger partial charge in [-0.1, -0.05) is 12.1 Å². The van der Waals surface area contributed by atoms with E-state index in [9.17, 15) is 19.1 Å². The number of esters is 1. The first-order valence-corrected chi connectivity index (χ1v) is 8.26. The fourth-order valence-corrected chi connectivity index (χ4v) is 2.52. The van der Waals surface area contributed by atoms with Gasteiger partial charge in [0, 0.05) is 24.2 Å². The lowest BCUT2D eigenvalue weighted by atomic mass is 10.1. The van der Waals surface area contributed by atoms with Crippen molar-refractivity contribution in [2.75, 3.05) is 7.11 Å². The number of carbonyl (C=O) groups is 2. The minimum atomic E-state index is -0.637. The van der Waals surface area contributed by atoms with Gasteiger partial charge in [0.15, 0.2) is 11.4 Å². The fraction of sp³-hybridized carbons (Fsp3) is 0.100. The Hall–Kier alpha value is -3.81. The van der Waals surface area contributed by atoms with Crippen LogP contribution in [0.3, 0.4) is 0 Å². The molecule has 0 bridgehead atoms. The molecule has 0 atom stereocenters. The van der Waals surface area contributed by atoms with E-state index in [0.717, 1.165) is 6.08 Å². The van der Waals surface area contributed by atoms with Crippen molar-refractivity contribution in [1.29, 1.82) is 0 Å². The summed E-state index contributed by atoms with van der Waals surface area (Å²) in [7, 11) is 1.24. The molecule has 2 aromatic heterocycles. The molecule has 0 saturated carbocycles. The number of methoxy groups -OCH3 is 1. The molecular formula is C20H16FN3O4. The molecule has 0 aliphatic heterocycles. The van der Waals surface area contributed by atoms with Gasteiger partial charge in [-0.3, -0.25) is 9.78 Å². The first kappa shape index (κ1) is 19.0.